The standard InChI is InChI=1S/C4H6O3.C2H6S2/c1-3(5)2-4(6)7;3-1-2-4/h2H2,1H3,(H,6,7);3-4H,1-2H2. The summed E-state index contributed by atoms with van der Waals surface area (Å²) in [5.41, 5.74) is 0. The highest BCUT2D eigenvalue weighted by Crippen LogP contribution is 1.77. The van der Waals surface area contributed by atoms with Gasteiger partial charge in [-0.05, 0) is 18.4 Å². The van der Waals surface area contributed by atoms with Crippen molar-refractivity contribution in [2.75, 3.05) is 11.5 Å². The van der Waals surface area contributed by atoms with Gasteiger partial charge < -0.3 is 5.11 Å². The molecule has 0 aliphatic rings. The number of thiol groups is 2. The Morgan fingerprint density at radius 3 is 1.64 bits per heavy atom. The lowest BCUT2D eigenvalue weighted by Crippen LogP contribution is -2.00. The van der Waals surface area contributed by atoms with Gasteiger partial charge in [-0.2, -0.15) is 25.3 Å². The van der Waals surface area contributed by atoms with Gasteiger partial charge in [0, 0.05) is 0 Å². The Labute approximate surface area is 77.0 Å². The molecule has 0 fully saturated rings. The Bertz CT molecular complexity index is 111. The number of hydrogen-bond donors (Lipinski definition) is 3. The van der Waals surface area contributed by atoms with E-state index < -0.39 is 5.97 Å². The van der Waals surface area contributed by atoms with Gasteiger partial charge in [0.05, 0.1) is 0 Å². The Morgan fingerprint density at radius 2 is 1.64 bits per heavy atom. The molecule has 0 saturated carbocycles. The molecule has 0 aromatic carbocycles. The third kappa shape index (κ3) is 25.8. The van der Waals surface area contributed by atoms with Gasteiger partial charge in [0.2, 0.25) is 0 Å². The predicted molar refractivity (Wildman–Crippen MR) is 50.6 cm³/mol. The molecule has 0 radical (unpaired) electrons. The molecule has 0 aromatic rings. The maximum Gasteiger partial charge on any atom is 0.310 e. The van der Waals surface area contributed by atoms with Crippen molar-refractivity contribution in [3.8, 4) is 0 Å². The van der Waals surface area contributed by atoms with E-state index in [-0.39, 0.29) is 12.2 Å². The predicted octanol–water partition coefficient (Wildman–Crippen LogP) is 0.896. The maximum atomic E-state index is 9.87. The van der Waals surface area contributed by atoms with Gasteiger partial charge in [0.15, 0.2) is 0 Å². The lowest BCUT2D eigenvalue weighted by molar-refractivity contribution is -0.139. The quantitative estimate of drug-likeness (QED) is 0.464. The van der Waals surface area contributed by atoms with Crippen molar-refractivity contribution >= 4 is 37.0 Å². The topological polar surface area (TPSA) is 54.4 Å². The SMILES string of the molecule is CC(=O)CC(=O)O.SCCS. The summed E-state index contributed by atoms with van der Waals surface area (Å²) >= 11 is 7.69. The Balaban J connectivity index is 0. The molecule has 11 heavy (non-hydrogen) atoms. The van der Waals surface area contributed by atoms with Crippen LogP contribution in [0.4, 0.5) is 0 Å². The smallest absolute Gasteiger partial charge is 0.310 e. The van der Waals surface area contributed by atoms with Crippen LogP contribution in [0.15, 0.2) is 0 Å². The third-order valence-electron chi connectivity index (χ3n) is 0.500. The van der Waals surface area contributed by atoms with Crippen molar-refractivity contribution in [2.24, 2.45) is 0 Å². The van der Waals surface area contributed by atoms with E-state index in [0.29, 0.717) is 0 Å². The number of carbonyl (C=O) groups excluding carboxylic acids is 1. The molecule has 5 heteroatoms. The number of carbonyl (C=O) groups is 2. The molecule has 0 rings (SSSR count). The first-order chi connectivity index (χ1) is 5.04. The van der Waals surface area contributed by atoms with Crippen molar-refractivity contribution in [1.82, 2.24) is 0 Å². The molecule has 0 spiro atoms. The second-order valence-electron chi connectivity index (χ2n) is 1.72. The molecule has 0 atom stereocenters. The Kier molecular flexibility index (Phi) is 12.0. The number of ketones is 1. The largest absolute Gasteiger partial charge is 0.481 e. The summed E-state index contributed by atoms with van der Waals surface area (Å²) in [6.07, 6.45) is -0.361. The molecule has 1 N–H and O–H groups in total. The molecule has 0 aliphatic heterocycles. The van der Waals surface area contributed by atoms with Crippen LogP contribution in [-0.2, 0) is 9.59 Å². The molecule has 0 heterocycles. The third-order valence-corrected chi connectivity index (χ3v) is 1.30. The molecule has 3 nitrogen and oxygen atoms in total. The fourth-order valence-corrected chi connectivity index (χ4v) is 0.213. The zero-order valence-corrected chi connectivity index (χ0v) is 8.07. The summed E-state index contributed by atoms with van der Waals surface area (Å²) in [4.78, 5) is 19.5. The van der Waals surface area contributed by atoms with E-state index in [2.05, 4.69) is 25.3 Å². The molecule has 0 unspecified atom stereocenters. The zero-order chi connectivity index (χ0) is 9.28. The minimum Gasteiger partial charge on any atom is -0.481 e. The van der Waals surface area contributed by atoms with E-state index in [1.807, 2.05) is 0 Å². The normalized spacial score (nSPS) is 7.91. The van der Waals surface area contributed by atoms with Crippen LogP contribution < -0.4 is 0 Å². The highest BCUT2D eigenvalue weighted by molar-refractivity contribution is 7.84. The lowest BCUT2D eigenvalue weighted by atomic mass is 10.3. The fourth-order valence-electron chi connectivity index (χ4n) is 0.213. The van der Waals surface area contributed by atoms with Crippen molar-refractivity contribution in [2.45, 2.75) is 13.3 Å². The van der Waals surface area contributed by atoms with Crippen LogP contribution >= 0.6 is 25.3 Å². The van der Waals surface area contributed by atoms with Gasteiger partial charge in [0.25, 0.3) is 0 Å². The van der Waals surface area contributed by atoms with Gasteiger partial charge >= 0.3 is 5.97 Å². The van der Waals surface area contributed by atoms with Gasteiger partial charge in [-0.3, -0.25) is 9.59 Å². The van der Waals surface area contributed by atoms with Gasteiger partial charge in [-0.1, -0.05) is 0 Å². The molecular formula is C6H12O3S2. The number of hydrogen-bond acceptors (Lipinski definition) is 4. The Hall–Kier alpha value is -0.160. The summed E-state index contributed by atoms with van der Waals surface area (Å²) in [7, 11) is 0. The van der Waals surface area contributed by atoms with E-state index in [9.17, 15) is 9.59 Å². The highest BCUT2D eigenvalue weighted by Gasteiger charge is 1.98. The molecule has 0 amide bonds. The number of aliphatic carboxylic acids is 1. The second kappa shape index (κ2) is 9.84. The minimum atomic E-state index is -1.06. The first-order valence-corrected chi connectivity index (χ1v) is 4.24. The van der Waals surface area contributed by atoms with Crippen LogP contribution in [-0.4, -0.2) is 28.4 Å². The molecule has 0 saturated heterocycles. The molecule has 66 valence electrons. The van der Waals surface area contributed by atoms with Crippen LogP contribution in [0.1, 0.15) is 13.3 Å². The molecular weight excluding hydrogens is 184 g/mol. The van der Waals surface area contributed by atoms with E-state index in [1.54, 1.807) is 0 Å². The van der Waals surface area contributed by atoms with Crippen molar-refractivity contribution < 1.29 is 14.7 Å². The lowest BCUT2D eigenvalue weighted by Gasteiger charge is -1.80. The summed E-state index contributed by atoms with van der Waals surface area (Å²) in [6.45, 7) is 1.24. The first kappa shape index (κ1) is 13.4. The average molecular weight is 196 g/mol. The Morgan fingerprint density at radius 1 is 1.27 bits per heavy atom. The number of Topliss-reactive ketones (excluding diaryl/α,β-unsaturated/α-hetero) is 1. The summed E-state index contributed by atoms with van der Waals surface area (Å²) in [5.74, 6) is 0.381. The van der Waals surface area contributed by atoms with Crippen LogP contribution in [0.25, 0.3) is 0 Å². The van der Waals surface area contributed by atoms with Crippen LogP contribution in [0, 0.1) is 0 Å². The van der Waals surface area contributed by atoms with Gasteiger partial charge in [-0.25, -0.2) is 0 Å². The second-order valence-corrected chi connectivity index (χ2v) is 2.61. The zero-order valence-electron chi connectivity index (χ0n) is 6.28. The molecule has 0 aromatic heterocycles. The molecule has 0 bridgehead atoms. The van der Waals surface area contributed by atoms with Crippen LogP contribution in [0.3, 0.4) is 0 Å². The molecule has 0 aliphatic carbocycles. The van der Waals surface area contributed by atoms with Gasteiger partial charge in [0.1, 0.15) is 12.2 Å². The number of carboxylic acids is 1. The number of rotatable bonds is 3. The van der Waals surface area contributed by atoms with Crippen LogP contribution in [0.2, 0.25) is 0 Å². The van der Waals surface area contributed by atoms with Crippen molar-refractivity contribution in [1.29, 1.82) is 0 Å². The first-order valence-electron chi connectivity index (χ1n) is 2.97. The highest BCUT2D eigenvalue weighted by atomic mass is 32.1. The van der Waals surface area contributed by atoms with E-state index in [0.717, 1.165) is 11.5 Å². The average Bonchev–Trinajstić information content (AvgIpc) is 1.85. The van der Waals surface area contributed by atoms with E-state index >= 15 is 0 Å². The van der Waals surface area contributed by atoms with E-state index in [4.69, 9.17) is 5.11 Å². The minimum absolute atomic E-state index is 0.312. The van der Waals surface area contributed by atoms with Crippen molar-refractivity contribution in [3.63, 3.8) is 0 Å². The summed E-state index contributed by atoms with van der Waals surface area (Å²) in [5, 5.41) is 7.86. The van der Waals surface area contributed by atoms with E-state index in [1.165, 1.54) is 6.92 Å². The number of carboxylic acid groups (broad SMARTS) is 1. The van der Waals surface area contributed by atoms with Crippen molar-refractivity contribution in [3.05, 3.63) is 0 Å². The monoisotopic (exact) mass is 196 g/mol. The van der Waals surface area contributed by atoms with Gasteiger partial charge in [-0.15, -0.1) is 0 Å². The maximum absolute atomic E-state index is 9.87. The summed E-state index contributed by atoms with van der Waals surface area (Å²) < 4.78 is 0. The van der Waals surface area contributed by atoms with Crippen LogP contribution in [0.5, 0.6) is 0 Å². The fraction of sp³-hybridized carbons (Fsp3) is 0.667. The summed E-state index contributed by atoms with van der Waals surface area (Å²) in [6, 6.07) is 0.